The topological polar surface area (TPSA) is 35.6 Å². The Bertz CT molecular complexity index is 1330. The smallest absolute Gasteiger partial charge is 0.368 e. The molecule has 1 N–H and O–H groups in total. The largest absolute Gasteiger partial charge is 0.416 e. The quantitative estimate of drug-likeness (QED) is 0.235. The second-order valence-corrected chi connectivity index (χ2v) is 11.8. The predicted octanol–water partition coefficient (Wildman–Crippen LogP) is 8.21. The van der Waals surface area contributed by atoms with Gasteiger partial charge in [0.1, 0.15) is 0 Å². The van der Waals surface area contributed by atoms with Gasteiger partial charge < -0.3 is 15.1 Å². The number of alkyl halides is 3. The van der Waals surface area contributed by atoms with E-state index in [-0.39, 0.29) is 17.9 Å². The molecule has 0 aliphatic carbocycles. The molecule has 1 unspecified atom stereocenters. The Morgan fingerprint density at radius 1 is 0.952 bits per heavy atom. The summed E-state index contributed by atoms with van der Waals surface area (Å²) >= 11 is 12.2. The van der Waals surface area contributed by atoms with Gasteiger partial charge in [0.2, 0.25) is 5.91 Å². The lowest BCUT2D eigenvalue weighted by molar-refractivity contribution is -0.137. The van der Waals surface area contributed by atoms with Crippen LogP contribution in [0.4, 0.5) is 18.9 Å². The number of hydrogen-bond donors (Lipinski definition) is 1. The van der Waals surface area contributed by atoms with Crippen molar-refractivity contribution in [3.63, 3.8) is 0 Å². The number of carbonyl (C=O) groups excluding carboxylic acids is 1. The van der Waals surface area contributed by atoms with Crippen LogP contribution in [0.15, 0.2) is 66.7 Å². The van der Waals surface area contributed by atoms with Gasteiger partial charge in [0, 0.05) is 54.4 Å². The molecule has 1 amide bonds. The van der Waals surface area contributed by atoms with E-state index in [4.69, 9.17) is 23.2 Å². The van der Waals surface area contributed by atoms with Crippen LogP contribution in [0.2, 0.25) is 10.0 Å². The number of nitrogens with one attached hydrogen (secondary N) is 1. The molecular weight excluding hydrogens is 582 g/mol. The van der Waals surface area contributed by atoms with Crippen LogP contribution in [0.5, 0.6) is 0 Å². The van der Waals surface area contributed by atoms with Crippen LogP contribution >= 0.6 is 23.2 Å². The zero-order chi connectivity index (χ0) is 30.3. The molecule has 0 bridgehead atoms. The average molecular weight is 621 g/mol. The first-order valence-corrected chi connectivity index (χ1v) is 15.3. The third kappa shape index (κ3) is 8.42. The highest BCUT2D eigenvalue weighted by Crippen LogP contribution is 2.38. The number of benzene rings is 3. The molecule has 4 nitrogen and oxygen atoms in total. The summed E-state index contributed by atoms with van der Waals surface area (Å²) in [5.41, 5.74) is 2.86. The van der Waals surface area contributed by atoms with E-state index in [1.807, 2.05) is 29.2 Å². The Balaban J connectivity index is 1.48. The highest BCUT2D eigenvalue weighted by atomic mass is 35.5. The molecule has 4 rings (SSSR count). The van der Waals surface area contributed by atoms with E-state index in [2.05, 4.69) is 36.2 Å². The number of amides is 1. The first kappa shape index (κ1) is 32.2. The Morgan fingerprint density at radius 2 is 1.67 bits per heavy atom. The van der Waals surface area contributed by atoms with Crippen molar-refractivity contribution in [3.05, 3.63) is 99.0 Å². The molecule has 1 saturated heterocycles. The molecule has 2 atom stereocenters. The number of anilines is 1. The van der Waals surface area contributed by atoms with Crippen LogP contribution in [0.1, 0.15) is 55.0 Å². The van der Waals surface area contributed by atoms with Gasteiger partial charge in [-0.1, -0.05) is 79.9 Å². The molecule has 42 heavy (non-hydrogen) atoms. The number of rotatable bonds is 11. The highest BCUT2D eigenvalue weighted by Gasteiger charge is 2.34. The Hall–Kier alpha value is -2.74. The van der Waals surface area contributed by atoms with Crippen LogP contribution in [-0.4, -0.2) is 43.5 Å². The molecule has 226 valence electrons. The minimum absolute atomic E-state index is 0.0355. The molecular formula is C33H38Cl2F3N3O. The SMILES string of the molecule is CCC(C)[C@H](NCCc1ccccc1)c1cc(C(F)(F)F)ccc1N1CCN(C(=O)CCc2ccc(Cl)cc2Cl)CC1. The summed E-state index contributed by atoms with van der Waals surface area (Å²) in [6, 6.07) is 19.2. The van der Waals surface area contributed by atoms with E-state index in [9.17, 15) is 18.0 Å². The highest BCUT2D eigenvalue weighted by molar-refractivity contribution is 6.35. The van der Waals surface area contributed by atoms with E-state index >= 15 is 0 Å². The van der Waals surface area contributed by atoms with Crippen molar-refractivity contribution in [3.8, 4) is 0 Å². The summed E-state index contributed by atoms with van der Waals surface area (Å²) in [4.78, 5) is 16.9. The maximum absolute atomic E-state index is 13.8. The van der Waals surface area contributed by atoms with Gasteiger partial charge in [-0.15, -0.1) is 0 Å². The zero-order valence-electron chi connectivity index (χ0n) is 24.1. The van der Waals surface area contributed by atoms with Crippen LogP contribution in [0, 0.1) is 5.92 Å². The number of carbonyl (C=O) groups is 1. The monoisotopic (exact) mass is 619 g/mol. The molecule has 3 aromatic rings. The van der Waals surface area contributed by atoms with Gasteiger partial charge in [-0.05, 0) is 72.3 Å². The third-order valence-corrected chi connectivity index (χ3v) is 8.71. The maximum Gasteiger partial charge on any atom is 0.416 e. The Kier molecular flexibility index (Phi) is 11.2. The molecule has 1 aliphatic rings. The number of nitrogens with zero attached hydrogens (tertiary/aromatic N) is 2. The molecule has 3 aromatic carbocycles. The van der Waals surface area contributed by atoms with Gasteiger partial charge in [-0.3, -0.25) is 4.79 Å². The van der Waals surface area contributed by atoms with Crippen LogP contribution in [0.25, 0.3) is 0 Å². The summed E-state index contributed by atoms with van der Waals surface area (Å²) in [6.45, 7) is 6.88. The van der Waals surface area contributed by atoms with Crippen molar-refractivity contribution < 1.29 is 18.0 Å². The van der Waals surface area contributed by atoms with Gasteiger partial charge in [-0.2, -0.15) is 13.2 Å². The minimum atomic E-state index is -4.44. The molecule has 0 spiro atoms. The van der Waals surface area contributed by atoms with Gasteiger partial charge in [0.15, 0.2) is 0 Å². The van der Waals surface area contributed by atoms with Crippen LogP contribution in [-0.2, 0) is 23.8 Å². The van der Waals surface area contributed by atoms with Gasteiger partial charge in [-0.25, -0.2) is 0 Å². The maximum atomic E-state index is 13.8. The molecule has 0 saturated carbocycles. The Morgan fingerprint density at radius 3 is 2.31 bits per heavy atom. The molecule has 1 aliphatic heterocycles. The van der Waals surface area contributed by atoms with Crippen molar-refractivity contribution in [2.45, 2.75) is 51.7 Å². The van der Waals surface area contributed by atoms with Gasteiger partial charge >= 0.3 is 6.18 Å². The lowest BCUT2D eigenvalue weighted by Gasteiger charge is -2.39. The normalized spacial score (nSPS) is 15.5. The van der Waals surface area contributed by atoms with E-state index < -0.39 is 11.7 Å². The van der Waals surface area contributed by atoms with Crippen LogP contribution < -0.4 is 10.2 Å². The zero-order valence-corrected chi connectivity index (χ0v) is 25.6. The number of piperazine rings is 1. The number of aryl methyl sites for hydroxylation is 1. The fraction of sp³-hybridized carbons (Fsp3) is 0.424. The van der Waals surface area contributed by atoms with E-state index in [0.29, 0.717) is 61.2 Å². The summed E-state index contributed by atoms with van der Waals surface area (Å²) in [6.07, 6.45) is -1.99. The van der Waals surface area contributed by atoms with Crippen molar-refractivity contribution in [1.82, 2.24) is 10.2 Å². The summed E-state index contributed by atoms with van der Waals surface area (Å²) in [5, 5.41) is 4.68. The summed E-state index contributed by atoms with van der Waals surface area (Å²) < 4.78 is 41.5. The Labute approximate surface area is 256 Å². The second-order valence-electron chi connectivity index (χ2n) is 10.9. The minimum Gasteiger partial charge on any atom is -0.368 e. The van der Waals surface area contributed by atoms with Crippen molar-refractivity contribution >= 4 is 34.8 Å². The molecule has 1 fully saturated rings. The fourth-order valence-corrected chi connectivity index (χ4v) is 5.96. The first-order valence-electron chi connectivity index (χ1n) is 14.5. The lowest BCUT2D eigenvalue weighted by atomic mass is 9.89. The van der Waals surface area contributed by atoms with E-state index in [0.717, 1.165) is 24.1 Å². The molecule has 1 heterocycles. The van der Waals surface area contributed by atoms with E-state index in [1.54, 1.807) is 18.2 Å². The van der Waals surface area contributed by atoms with Crippen LogP contribution in [0.3, 0.4) is 0 Å². The summed E-state index contributed by atoms with van der Waals surface area (Å²) in [7, 11) is 0. The fourth-order valence-electron chi connectivity index (χ4n) is 5.46. The van der Waals surface area contributed by atoms with Crippen molar-refractivity contribution in [2.75, 3.05) is 37.6 Å². The first-order chi connectivity index (χ1) is 20.1. The van der Waals surface area contributed by atoms with Crippen molar-refractivity contribution in [1.29, 1.82) is 0 Å². The average Bonchev–Trinajstić information content (AvgIpc) is 2.98. The second kappa shape index (κ2) is 14.6. The van der Waals surface area contributed by atoms with Gasteiger partial charge in [0.05, 0.1) is 5.56 Å². The molecule has 9 heteroatoms. The van der Waals surface area contributed by atoms with Crippen molar-refractivity contribution in [2.24, 2.45) is 5.92 Å². The lowest BCUT2D eigenvalue weighted by Crippen LogP contribution is -2.49. The standard InChI is InChI=1S/C33H38Cl2F3N3O/c1-3-23(2)32(39-16-15-24-7-5-4-6-8-24)28-21-26(33(36,37)38)11-13-30(28)40-17-19-41(20-18-40)31(42)14-10-25-9-12-27(34)22-29(25)35/h4-9,11-13,21-23,32,39H,3,10,14-20H2,1-2H3/t23?,32-/m0/s1. The van der Waals surface area contributed by atoms with Gasteiger partial charge in [0.25, 0.3) is 0 Å². The summed E-state index contributed by atoms with van der Waals surface area (Å²) in [5.74, 6) is 0.152. The molecule has 0 radical (unpaired) electrons. The number of hydrogen-bond acceptors (Lipinski definition) is 3. The predicted molar refractivity (Wildman–Crippen MR) is 165 cm³/mol. The molecule has 0 aromatic heterocycles. The third-order valence-electron chi connectivity index (χ3n) is 8.12. The van der Waals surface area contributed by atoms with E-state index in [1.165, 1.54) is 17.7 Å². The number of halogens is 5.